The molecule has 1 amide bonds. The van der Waals surface area contributed by atoms with E-state index in [1.807, 2.05) is 0 Å². The van der Waals surface area contributed by atoms with Gasteiger partial charge in [-0.3, -0.25) is 14.9 Å². The smallest absolute Gasteiger partial charge is 0.322 e. The molecule has 0 fully saturated rings. The van der Waals surface area contributed by atoms with Crippen molar-refractivity contribution in [3.63, 3.8) is 0 Å². The number of alkyl halides is 3. The first-order valence-electron chi connectivity index (χ1n) is 8.92. The number of nitrogens with one attached hydrogen (secondary N) is 1. The molecule has 3 aromatic rings. The minimum absolute atomic E-state index is 0.0787. The van der Waals surface area contributed by atoms with Gasteiger partial charge >= 0.3 is 6.18 Å². The summed E-state index contributed by atoms with van der Waals surface area (Å²) >= 11 is 0. The van der Waals surface area contributed by atoms with E-state index >= 15 is 0 Å². The molecule has 30 heavy (non-hydrogen) atoms. The Kier molecular flexibility index (Phi) is 5.39. The summed E-state index contributed by atoms with van der Waals surface area (Å²) in [6.07, 6.45) is -4.55. The van der Waals surface area contributed by atoms with Crippen LogP contribution in [0.5, 0.6) is 0 Å². The van der Waals surface area contributed by atoms with Gasteiger partial charge in [-0.2, -0.15) is 13.2 Å². The molecule has 156 valence electrons. The Hall–Kier alpha value is -3.62. The highest BCUT2D eigenvalue weighted by Gasteiger charge is 2.34. The molecule has 0 aliphatic heterocycles. The molecule has 0 bridgehead atoms. The van der Waals surface area contributed by atoms with Crippen molar-refractivity contribution in [3.05, 3.63) is 86.7 Å². The van der Waals surface area contributed by atoms with Gasteiger partial charge in [0.1, 0.15) is 0 Å². The number of nitro groups is 1. The standard InChI is InChI=1S/C21H18F3N3O3/c1-12-8-9-15(11-19(12)27(29)30)25-20(28)16-10-13(2)26(14(16)3)18-7-5-4-6-17(18)21(22,23)24/h4-11H,1-3H3,(H,25,28). The molecule has 2 aromatic carbocycles. The molecule has 0 saturated carbocycles. The molecule has 6 nitrogen and oxygen atoms in total. The lowest BCUT2D eigenvalue weighted by atomic mass is 10.1. The van der Waals surface area contributed by atoms with Gasteiger partial charge in [0.2, 0.25) is 0 Å². The Morgan fingerprint density at radius 1 is 1.07 bits per heavy atom. The number of amides is 1. The third-order valence-corrected chi connectivity index (χ3v) is 4.79. The summed E-state index contributed by atoms with van der Waals surface area (Å²) in [4.78, 5) is 23.3. The summed E-state index contributed by atoms with van der Waals surface area (Å²) in [5.41, 5.74) is 0.577. The molecule has 1 heterocycles. The Morgan fingerprint density at radius 2 is 1.73 bits per heavy atom. The van der Waals surface area contributed by atoms with Crippen LogP contribution < -0.4 is 5.32 Å². The van der Waals surface area contributed by atoms with Gasteiger partial charge in [0.15, 0.2) is 0 Å². The summed E-state index contributed by atoms with van der Waals surface area (Å²) in [5, 5.41) is 13.7. The van der Waals surface area contributed by atoms with E-state index in [0.717, 1.165) is 6.07 Å². The van der Waals surface area contributed by atoms with Gasteiger partial charge in [0.25, 0.3) is 11.6 Å². The maximum Gasteiger partial charge on any atom is 0.418 e. The minimum Gasteiger partial charge on any atom is -0.322 e. The van der Waals surface area contributed by atoms with Crippen LogP contribution in [0.4, 0.5) is 24.5 Å². The maximum absolute atomic E-state index is 13.4. The molecule has 0 unspecified atom stereocenters. The molecule has 0 aliphatic carbocycles. The van der Waals surface area contributed by atoms with Crippen molar-refractivity contribution in [2.24, 2.45) is 0 Å². The number of aromatic nitrogens is 1. The SMILES string of the molecule is Cc1ccc(NC(=O)c2cc(C)n(-c3ccccc3C(F)(F)F)c2C)cc1[N+](=O)[O-]. The normalized spacial score (nSPS) is 11.4. The molecule has 0 saturated heterocycles. The van der Waals surface area contributed by atoms with Crippen LogP contribution in [0.3, 0.4) is 0 Å². The second-order valence-electron chi connectivity index (χ2n) is 6.85. The number of carbonyl (C=O) groups is 1. The van der Waals surface area contributed by atoms with Crippen molar-refractivity contribution in [2.45, 2.75) is 26.9 Å². The zero-order chi connectivity index (χ0) is 22.2. The van der Waals surface area contributed by atoms with E-state index in [1.165, 1.54) is 47.0 Å². The number of rotatable bonds is 4. The fourth-order valence-corrected chi connectivity index (χ4v) is 3.35. The maximum atomic E-state index is 13.4. The van der Waals surface area contributed by atoms with Crippen LogP contribution in [0.1, 0.15) is 32.9 Å². The van der Waals surface area contributed by atoms with Crippen molar-refractivity contribution in [2.75, 3.05) is 5.32 Å². The van der Waals surface area contributed by atoms with Crippen LogP contribution in [0, 0.1) is 30.9 Å². The lowest BCUT2D eigenvalue weighted by Crippen LogP contribution is -2.15. The van der Waals surface area contributed by atoms with E-state index in [1.54, 1.807) is 20.8 Å². The molecule has 1 N–H and O–H groups in total. The van der Waals surface area contributed by atoms with E-state index in [-0.39, 0.29) is 22.6 Å². The molecule has 9 heteroatoms. The topological polar surface area (TPSA) is 77.2 Å². The number of anilines is 1. The fourth-order valence-electron chi connectivity index (χ4n) is 3.35. The van der Waals surface area contributed by atoms with Gasteiger partial charge in [-0.15, -0.1) is 0 Å². The number of aryl methyl sites for hydroxylation is 2. The monoisotopic (exact) mass is 417 g/mol. The van der Waals surface area contributed by atoms with E-state index in [0.29, 0.717) is 17.0 Å². The second kappa shape index (κ2) is 7.66. The van der Waals surface area contributed by atoms with Crippen LogP contribution in [0.25, 0.3) is 5.69 Å². The first-order valence-corrected chi connectivity index (χ1v) is 8.92. The predicted molar refractivity (Wildman–Crippen MR) is 106 cm³/mol. The zero-order valence-corrected chi connectivity index (χ0v) is 16.4. The molecule has 1 aromatic heterocycles. The number of benzene rings is 2. The molecule has 0 atom stereocenters. The van der Waals surface area contributed by atoms with Crippen LogP contribution in [-0.2, 0) is 6.18 Å². The van der Waals surface area contributed by atoms with Gasteiger partial charge in [-0.25, -0.2) is 0 Å². The van der Waals surface area contributed by atoms with Gasteiger partial charge in [-0.05, 0) is 45.0 Å². The number of nitrogens with zero attached hydrogens (tertiary/aromatic N) is 2. The highest BCUT2D eigenvalue weighted by atomic mass is 19.4. The first-order chi connectivity index (χ1) is 14.0. The van der Waals surface area contributed by atoms with Crippen LogP contribution in [0.2, 0.25) is 0 Å². The summed E-state index contributed by atoms with van der Waals surface area (Å²) in [6.45, 7) is 4.73. The number of hydrogen-bond acceptors (Lipinski definition) is 3. The summed E-state index contributed by atoms with van der Waals surface area (Å²) in [6, 6.07) is 10.9. The van der Waals surface area contributed by atoms with Gasteiger partial charge in [0.05, 0.1) is 21.7 Å². The van der Waals surface area contributed by atoms with E-state index < -0.39 is 22.6 Å². The van der Waals surface area contributed by atoms with Gasteiger partial charge in [-0.1, -0.05) is 18.2 Å². The molecule has 3 rings (SSSR count). The predicted octanol–water partition coefficient (Wildman–Crippen LogP) is 5.58. The molecular weight excluding hydrogens is 399 g/mol. The van der Waals surface area contributed by atoms with Crippen LogP contribution >= 0.6 is 0 Å². The Bertz CT molecular complexity index is 1150. The average Bonchev–Trinajstić information content (AvgIpc) is 2.96. The average molecular weight is 417 g/mol. The number of hydrogen-bond donors (Lipinski definition) is 1. The summed E-state index contributed by atoms with van der Waals surface area (Å²) < 4.78 is 41.7. The fraction of sp³-hybridized carbons (Fsp3) is 0.190. The number of carbonyl (C=O) groups excluding carboxylic acids is 1. The lowest BCUT2D eigenvalue weighted by molar-refractivity contribution is -0.385. The quantitative estimate of drug-likeness (QED) is 0.445. The third kappa shape index (κ3) is 3.91. The lowest BCUT2D eigenvalue weighted by Gasteiger charge is -2.16. The summed E-state index contributed by atoms with van der Waals surface area (Å²) in [7, 11) is 0. The number of para-hydroxylation sites is 1. The number of nitro benzene ring substituents is 1. The Balaban J connectivity index is 2.00. The highest BCUT2D eigenvalue weighted by Crippen LogP contribution is 2.35. The molecule has 0 radical (unpaired) electrons. The van der Waals surface area contributed by atoms with Crippen molar-refractivity contribution in [1.82, 2.24) is 4.57 Å². The van der Waals surface area contributed by atoms with Crippen molar-refractivity contribution in [3.8, 4) is 5.69 Å². The number of halogens is 3. The van der Waals surface area contributed by atoms with Crippen molar-refractivity contribution < 1.29 is 22.9 Å². The van der Waals surface area contributed by atoms with Crippen LogP contribution in [-0.4, -0.2) is 15.4 Å². The Morgan fingerprint density at radius 3 is 2.37 bits per heavy atom. The first kappa shape index (κ1) is 21.1. The van der Waals surface area contributed by atoms with Crippen molar-refractivity contribution >= 4 is 17.3 Å². The van der Waals surface area contributed by atoms with Gasteiger partial charge < -0.3 is 9.88 Å². The van der Waals surface area contributed by atoms with E-state index in [9.17, 15) is 28.1 Å². The molecule has 0 aliphatic rings. The van der Waals surface area contributed by atoms with Gasteiger partial charge in [0, 0.05) is 28.7 Å². The minimum atomic E-state index is -4.55. The van der Waals surface area contributed by atoms with Crippen molar-refractivity contribution in [1.29, 1.82) is 0 Å². The molecular formula is C21H18F3N3O3. The van der Waals surface area contributed by atoms with Crippen LogP contribution in [0.15, 0.2) is 48.5 Å². The van der Waals surface area contributed by atoms with E-state index in [4.69, 9.17) is 0 Å². The summed E-state index contributed by atoms with van der Waals surface area (Å²) in [5.74, 6) is -0.572. The molecule has 0 spiro atoms. The second-order valence-corrected chi connectivity index (χ2v) is 6.85. The third-order valence-electron chi connectivity index (χ3n) is 4.79. The van der Waals surface area contributed by atoms with E-state index in [2.05, 4.69) is 5.32 Å². The zero-order valence-electron chi connectivity index (χ0n) is 16.4. The Labute approximate surface area is 170 Å². The highest BCUT2D eigenvalue weighted by molar-refractivity contribution is 6.05. The largest absolute Gasteiger partial charge is 0.418 e.